The van der Waals surface area contributed by atoms with Crippen LogP contribution in [0.25, 0.3) is 0 Å². The lowest BCUT2D eigenvalue weighted by molar-refractivity contribution is -0.136. The third-order valence-electron chi connectivity index (χ3n) is 6.76. The van der Waals surface area contributed by atoms with E-state index in [1.807, 2.05) is 63.2 Å². The Morgan fingerprint density at radius 2 is 1.91 bits per heavy atom. The average Bonchev–Trinajstić information content (AvgIpc) is 3.41. The lowest BCUT2D eigenvalue weighted by Gasteiger charge is -2.47. The van der Waals surface area contributed by atoms with Gasteiger partial charge in [-0.1, -0.05) is 51.1 Å². The third kappa shape index (κ3) is 4.65. The highest BCUT2D eigenvalue weighted by molar-refractivity contribution is 5.96. The molecule has 1 radical (unpaired) electrons. The van der Waals surface area contributed by atoms with Crippen molar-refractivity contribution in [3.63, 3.8) is 0 Å². The van der Waals surface area contributed by atoms with Gasteiger partial charge >= 0.3 is 5.97 Å². The molecule has 1 aliphatic rings. The molecule has 1 aromatic heterocycles. The quantitative estimate of drug-likeness (QED) is 0.556. The molecule has 0 bridgehead atoms. The van der Waals surface area contributed by atoms with Crippen molar-refractivity contribution in [2.24, 2.45) is 5.41 Å². The molecule has 0 spiro atoms. The number of Topliss-reactive ketones (excluding diaryl/α,β-unsaturated/α-hetero) is 1. The summed E-state index contributed by atoms with van der Waals surface area (Å²) >= 11 is 0. The highest BCUT2D eigenvalue weighted by Crippen LogP contribution is 2.46. The molecule has 1 aliphatic heterocycles. The first-order valence-electron chi connectivity index (χ1n) is 11.4. The average molecular weight is 469 g/mol. The number of nitrogens with one attached hydrogen (secondary N) is 1. The van der Waals surface area contributed by atoms with Gasteiger partial charge in [-0.25, -0.2) is 4.79 Å². The third-order valence-corrected chi connectivity index (χ3v) is 6.76. The first kappa shape index (κ1) is 25.6. The number of aromatic carboxylic acids is 1. The van der Waals surface area contributed by atoms with Gasteiger partial charge in [-0.3, -0.25) is 9.59 Å². The van der Waals surface area contributed by atoms with Crippen molar-refractivity contribution in [2.45, 2.75) is 44.4 Å². The number of hydrogen-bond acceptors (Lipinski definition) is 5. The first-order valence-corrected chi connectivity index (χ1v) is 11.4. The summed E-state index contributed by atoms with van der Waals surface area (Å²) in [7, 11) is 3.88. The number of benzene rings is 1. The van der Waals surface area contributed by atoms with Crippen LogP contribution >= 0.6 is 0 Å². The van der Waals surface area contributed by atoms with E-state index in [9.17, 15) is 19.5 Å². The maximum Gasteiger partial charge on any atom is 0.337 e. The summed E-state index contributed by atoms with van der Waals surface area (Å²) in [6, 6.07) is 9.89. The van der Waals surface area contributed by atoms with Crippen molar-refractivity contribution < 1.29 is 24.2 Å². The second-order valence-corrected chi connectivity index (χ2v) is 9.68. The number of carbonyl (C=O) groups is 3. The van der Waals surface area contributed by atoms with Crippen LogP contribution in [-0.4, -0.2) is 71.6 Å². The minimum atomic E-state index is -1.36. The fourth-order valence-corrected chi connectivity index (χ4v) is 4.67. The molecular weight excluding hydrogens is 434 g/mol. The molecule has 2 N–H and O–H groups in total. The summed E-state index contributed by atoms with van der Waals surface area (Å²) in [4.78, 5) is 40.7. The first-order chi connectivity index (χ1) is 16.0. The van der Waals surface area contributed by atoms with E-state index < -0.39 is 35.0 Å². The van der Waals surface area contributed by atoms with E-state index in [0.29, 0.717) is 24.9 Å². The van der Waals surface area contributed by atoms with Gasteiger partial charge in [0, 0.05) is 24.4 Å². The molecule has 2 aromatic rings. The van der Waals surface area contributed by atoms with Gasteiger partial charge in [0.05, 0.1) is 11.7 Å². The monoisotopic (exact) mass is 468 g/mol. The molecule has 8 heteroatoms. The van der Waals surface area contributed by atoms with E-state index in [1.54, 1.807) is 10.8 Å². The number of carboxylic acids is 1. The number of aromatic nitrogens is 1. The summed E-state index contributed by atoms with van der Waals surface area (Å²) in [5.74, 6) is -1.67. The van der Waals surface area contributed by atoms with Gasteiger partial charge in [-0.2, -0.15) is 0 Å². The molecule has 1 aromatic carbocycles. The lowest BCUT2D eigenvalue weighted by atomic mass is 9.65. The smallest absolute Gasteiger partial charge is 0.337 e. The predicted molar refractivity (Wildman–Crippen MR) is 129 cm³/mol. The van der Waals surface area contributed by atoms with Crippen LogP contribution < -0.4 is 5.32 Å². The molecule has 0 aliphatic carbocycles. The molecule has 3 unspecified atom stereocenters. The maximum absolute atomic E-state index is 14.3. The molecule has 3 atom stereocenters. The topological polar surface area (TPSA) is 101 Å². The van der Waals surface area contributed by atoms with Gasteiger partial charge < -0.3 is 24.6 Å². The van der Waals surface area contributed by atoms with Gasteiger partial charge in [-0.15, -0.1) is 0 Å². The van der Waals surface area contributed by atoms with Crippen molar-refractivity contribution in [1.29, 1.82) is 0 Å². The zero-order valence-corrected chi connectivity index (χ0v) is 20.3. The van der Waals surface area contributed by atoms with Gasteiger partial charge in [0.1, 0.15) is 12.6 Å². The molecular formula is C26H34N3O5. The van der Waals surface area contributed by atoms with E-state index in [4.69, 9.17) is 4.74 Å². The van der Waals surface area contributed by atoms with E-state index in [-0.39, 0.29) is 18.0 Å². The SMILES string of the molecule is [CH2]CC(C)(C)C(C(=O)NC1C(=O)COC1CCN(C)C)(c1ccccc1)n1ccc(C(=O)O)c1. The molecule has 1 saturated heterocycles. The van der Waals surface area contributed by atoms with Crippen molar-refractivity contribution in [3.8, 4) is 0 Å². The molecule has 1 fully saturated rings. The van der Waals surface area contributed by atoms with Gasteiger partial charge in [-0.05, 0) is 38.6 Å². The fourth-order valence-electron chi connectivity index (χ4n) is 4.67. The Labute approximate surface area is 200 Å². The minimum Gasteiger partial charge on any atom is -0.478 e. The minimum absolute atomic E-state index is 0.0488. The van der Waals surface area contributed by atoms with Crippen LogP contribution in [0.5, 0.6) is 0 Å². The predicted octanol–water partition coefficient (Wildman–Crippen LogP) is 2.58. The zero-order chi connectivity index (χ0) is 25.1. The Hall–Kier alpha value is -2.97. The molecule has 3 rings (SSSR count). The molecule has 1 amide bonds. The second kappa shape index (κ2) is 10.1. The van der Waals surface area contributed by atoms with E-state index >= 15 is 0 Å². The number of nitrogens with zero attached hydrogens (tertiary/aromatic N) is 2. The van der Waals surface area contributed by atoms with Crippen LogP contribution in [0, 0.1) is 12.3 Å². The van der Waals surface area contributed by atoms with Crippen LogP contribution in [-0.2, 0) is 19.9 Å². The van der Waals surface area contributed by atoms with Crippen LogP contribution in [0.1, 0.15) is 42.6 Å². The zero-order valence-electron chi connectivity index (χ0n) is 20.3. The van der Waals surface area contributed by atoms with Gasteiger partial charge in [0.25, 0.3) is 5.91 Å². The summed E-state index contributed by atoms with van der Waals surface area (Å²) in [6.07, 6.45) is 3.59. The van der Waals surface area contributed by atoms with Crippen molar-refractivity contribution in [1.82, 2.24) is 14.8 Å². The van der Waals surface area contributed by atoms with E-state index in [0.717, 1.165) is 0 Å². The highest BCUT2D eigenvalue weighted by Gasteiger charge is 2.54. The number of hydrogen-bond donors (Lipinski definition) is 2. The van der Waals surface area contributed by atoms with Crippen LogP contribution in [0.3, 0.4) is 0 Å². The number of carbonyl (C=O) groups excluding carboxylic acids is 2. The maximum atomic E-state index is 14.3. The number of amides is 1. The van der Waals surface area contributed by atoms with Gasteiger partial charge in [0.2, 0.25) is 0 Å². The second-order valence-electron chi connectivity index (χ2n) is 9.68. The lowest BCUT2D eigenvalue weighted by Crippen LogP contribution is -2.61. The Kier molecular flexibility index (Phi) is 7.63. The summed E-state index contributed by atoms with van der Waals surface area (Å²) in [5, 5.41) is 12.5. The Morgan fingerprint density at radius 1 is 1.24 bits per heavy atom. The number of ether oxygens (including phenoxy) is 1. The fraction of sp³-hybridized carbons (Fsp3) is 0.462. The Morgan fingerprint density at radius 3 is 2.47 bits per heavy atom. The van der Waals surface area contributed by atoms with Crippen LogP contribution in [0.4, 0.5) is 0 Å². The standard InChI is InChI=1S/C26H34N3O5/c1-6-25(2,3)26(19-10-8-7-9-11-19,29-15-12-18(16-29)23(31)32)24(33)27-22-20(30)17-34-21(22)13-14-28(4)5/h7-12,15-16,21-22H,1,6,13-14,17H2,2-5H3,(H,27,33)(H,31,32). The van der Waals surface area contributed by atoms with Crippen molar-refractivity contribution in [2.75, 3.05) is 27.2 Å². The van der Waals surface area contributed by atoms with E-state index in [1.165, 1.54) is 12.3 Å². The highest BCUT2D eigenvalue weighted by atomic mass is 16.5. The molecule has 183 valence electrons. The summed E-state index contributed by atoms with van der Waals surface area (Å²) in [6.45, 7) is 8.60. The molecule has 0 saturated carbocycles. The molecule has 8 nitrogen and oxygen atoms in total. The van der Waals surface area contributed by atoms with Gasteiger partial charge in [0.15, 0.2) is 11.3 Å². The summed E-state index contributed by atoms with van der Waals surface area (Å²) in [5.41, 5.74) is -1.38. The van der Waals surface area contributed by atoms with Crippen molar-refractivity contribution >= 4 is 17.7 Å². The number of carboxylic acid groups (broad SMARTS) is 1. The Bertz CT molecular complexity index is 1030. The normalized spacial score (nSPS) is 20.4. The number of ketones is 1. The summed E-state index contributed by atoms with van der Waals surface area (Å²) < 4.78 is 7.35. The van der Waals surface area contributed by atoms with Crippen molar-refractivity contribution in [3.05, 3.63) is 66.8 Å². The van der Waals surface area contributed by atoms with Crippen LogP contribution in [0.15, 0.2) is 48.8 Å². The number of rotatable bonds is 10. The largest absolute Gasteiger partial charge is 0.478 e. The van der Waals surface area contributed by atoms with Crippen LogP contribution in [0.2, 0.25) is 0 Å². The molecule has 34 heavy (non-hydrogen) atoms. The molecule has 2 heterocycles. The van der Waals surface area contributed by atoms with E-state index in [2.05, 4.69) is 12.2 Å². The Balaban J connectivity index is 2.13.